The summed E-state index contributed by atoms with van der Waals surface area (Å²) >= 11 is 0. The van der Waals surface area contributed by atoms with Crippen LogP contribution in [0.1, 0.15) is 45.1 Å². The molecular formula is C15H25NO. The van der Waals surface area contributed by atoms with E-state index in [9.17, 15) is 0 Å². The first-order chi connectivity index (χ1) is 8.19. The maximum absolute atomic E-state index is 5.89. The number of unbranched alkanes of at least 4 members (excludes halogenated alkanes) is 1. The van der Waals surface area contributed by atoms with E-state index >= 15 is 0 Å². The molecule has 0 heterocycles. The SMILES string of the molecule is CCCCC(CC)COc1cccc(N)c1C. The predicted octanol–water partition coefficient (Wildman–Crippen LogP) is 4.17. The van der Waals surface area contributed by atoms with Crippen molar-refractivity contribution in [1.82, 2.24) is 0 Å². The molecule has 1 aromatic rings. The largest absolute Gasteiger partial charge is 0.493 e. The molecule has 0 radical (unpaired) electrons. The summed E-state index contributed by atoms with van der Waals surface area (Å²) in [5, 5.41) is 0. The lowest BCUT2D eigenvalue weighted by Gasteiger charge is -2.17. The Morgan fingerprint density at radius 1 is 1.29 bits per heavy atom. The molecule has 0 spiro atoms. The molecule has 2 nitrogen and oxygen atoms in total. The van der Waals surface area contributed by atoms with Crippen molar-refractivity contribution in [2.24, 2.45) is 5.92 Å². The number of benzene rings is 1. The van der Waals surface area contributed by atoms with Gasteiger partial charge in [0.15, 0.2) is 0 Å². The zero-order chi connectivity index (χ0) is 12.7. The third-order valence-electron chi connectivity index (χ3n) is 3.34. The van der Waals surface area contributed by atoms with Crippen LogP contribution < -0.4 is 10.5 Å². The van der Waals surface area contributed by atoms with Gasteiger partial charge < -0.3 is 10.5 Å². The van der Waals surface area contributed by atoms with Crippen molar-refractivity contribution in [2.45, 2.75) is 46.5 Å². The molecule has 1 atom stereocenters. The summed E-state index contributed by atoms with van der Waals surface area (Å²) in [6, 6.07) is 5.86. The second-order valence-corrected chi connectivity index (χ2v) is 4.70. The molecule has 0 amide bonds. The number of anilines is 1. The molecule has 0 saturated heterocycles. The minimum atomic E-state index is 0.663. The first-order valence-electron chi connectivity index (χ1n) is 6.66. The topological polar surface area (TPSA) is 35.2 Å². The highest BCUT2D eigenvalue weighted by atomic mass is 16.5. The molecule has 1 aromatic carbocycles. The van der Waals surface area contributed by atoms with Gasteiger partial charge in [-0.05, 0) is 31.4 Å². The third kappa shape index (κ3) is 4.29. The van der Waals surface area contributed by atoms with Crippen LogP contribution in [0.25, 0.3) is 0 Å². The van der Waals surface area contributed by atoms with Gasteiger partial charge in [0.05, 0.1) is 6.61 Å². The van der Waals surface area contributed by atoms with Gasteiger partial charge >= 0.3 is 0 Å². The second-order valence-electron chi connectivity index (χ2n) is 4.70. The normalized spacial score (nSPS) is 12.4. The van der Waals surface area contributed by atoms with Crippen LogP contribution in [0.3, 0.4) is 0 Å². The fourth-order valence-corrected chi connectivity index (χ4v) is 1.89. The molecule has 0 aromatic heterocycles. The Morgan fingerprint density at radius 3 is 2.71 bits per heavy atom. The maximum atomic E-state index is 5.89. The lowest BCUT2D eigenvalue weighted by Crippen LogP contribution is -2.12. The Hall–Kier alpha value is -1.18. The number of ether oxygens (including phenoxy) is 1. The number of hydrogen-bond acceptors (Lipinski definition) is 2. The van der Waals surface area contributed by atoms with Gasteiger partial charge in [0.25, 0.3) is 0 Å². The predicted molar refractivity (Wildman–Crippen MR) is 74.4 cm³/mol. The van der Waals surface area contributed by atoms with Gasteiger partial charge in [0.1, 0.15) is 5.75 Å². The zero-order valence-electron chi connectivity index (χ0n) is 11.3. The molecule has 0 bridgehead atoms. The Morgan fingerprint density at radius 2 is 2.06 bits per heavy atom. The van der Waals surface area contributed by atoms with Gasteiger partial charge in [-0.15, -0.1) is 0 Å². The molecule has 1 rings (SSSR count). The summed E-state index contributed by atoms with van der Waals surface area (Å²) in [7, 11) is 0. The molecule has 0 saturated carbocycles. The second kappa shape index (κ2) is 7.21. The standard InChI is InChI=1S/C15H25NO/c1-4-6-8-13(5-2)11-17-15-10-7-9-14(16)12(15)3/h7,9-10,13H,4-6,8,11,16H2,1-3H3. The molecule has 2 heteroatoms. The molecule has 17 heavy (non-hydrogen) atoms. The minimum Gasteiger partial charge on any atom is -0.493 e. The van der Waals surface area contributed by atoms with Crippen LogP contribution in [-0.4, -0.2) is 6.61 Å². The van der Waals surface area contributed by atoms with Crippen molar-refractivity contribution in [3.05, 3.63) is 23.8 Å². The molecule has 1 unspecified atom stereocenters. The van der Waals surface area contributed by atoms with E-state index in [1.165, 1.54) is 25.7 Å². The monoisotopic (exact) mass is 235 g/mol. The summed E-state index contributed by atoms with van der Waals surface area (Å²) in [4.78, 5) is 0. The number of hydrogen-bond donors (Lipinski definition) is 1. The van der Waals surface area contributed by atoms with Crippen LogP contribution in [0.15, 0.2) is 18.2 Å². The summed E-state index contributed by atoms with van der Waals surface area (Å²) in [6.45, 7) is 7.28. The van der Waals surface area contributed by atoms with Crippen molar-refractivity contribution in [2.75, 3.05) is 12.3 Å². The summed E-state index contributed by atoms with van der Waals surface area (Å²) in [6.07, 6.45) is 4.99. The summed E-state index contributed by atoms with van der Waals surface area (Å²) in [5.41, 5.74) is 7.72. The molecule has 0 aliphatic rings. The first kappa shape index (κ1) is 13.9. The average Bonchev–Trinajstić information content (AvgIpc) is 2.34. The van der Waals surface area contributed by atoms with Gasteiger partial charge in [-0.1, -0.05) is 39.2 Å². The number of nitrogen functional groups attached to an aromatic ring is 1. The van der Waals surface area contributed by atoms with Crippen LogP contribution in [0, 0.1) is 12.8 Å². The van der Waals surface area contributed by atoms with E-state index in [1.807, 2.05) is 25.1 Å². The molecule has 96 valence electrons. The van der Waals surface area contributed by atoms with Gasteiger partial charge in [-0.2, -0.15) is 0 Å². The Labute approximate surface area is 105 Å². The summed E-state index contributed by atoms with van der Waals surface area (Å²) < 4.78 is 5.89. The lowest BCUT2D eigenvalue weighted by molar-refractivity contribution is 0.232. The van der Waals surface area contributed by atoms with Crippen LogP contribution >= 0.6 is 0 Å². The lowest BCUT2D eigenvalue weighted by atomic mass is 10.0. The number of rotatable bonds is 7. The van der Waals surface area contributed by atoms with Gasteiger partial charge in [-0.25, -0.2) is 0 Å². The highest BCUT2D eigenvalue weighted by Crippen LogP contribution is 2.24. The van der Waals surface area contributed by atoms with E-state index in [1.54, 1.807) is 0 Å². The quantitative estimate of drug-likeness (QED) is 0.720. The van der Waals surface area contributed by atoms with Crippen LogP contribution in [0.4, 0.5) is 5.69 Å². The average molecular weight is 235 g/mol. The van der Waals surface area contributed by atoms with Crippen LogP contribution in [-0.2, 0) is 0 Å². The van der Waals surface area contributed by atoms with Crippen molar-refractivity contribution >= 4 is 5.69 Å². The molecule has 2 N–H and O–H groups in total. The van der Waals surface area contributed by atoms with Gasteiger partial charge in [0.2, 0.25) is 0 Å². The van der Waals surface area contributed by atoms with Crippen LogP contribution in [0.2, 0.25) is 0 Å². The van der Waals surface area contributed by atoms with E-state index in [0.29, 0.717) is 5.92 Å². The van der Waals surface area contributed by atoms with E-state index in [4.69, 9.17) is 10.5 Å². The Kier molecular flexibility index (Phi) is 5.88. The van der Waals surface area contributed by atoms with Crippen LogP contribution in [0.5, 0.6) is 5.75 Å². The smallest absolute Gasteiger partial charge is 0.124 e. The fourth-order valence-electron chi connectivity index (χ4n) is 1.89. The molecule has 0 aliphatic carbocycles. The van der Waals surface area contributed by atoms with Gasteiger partial charge in [0, 0.05) is 11.3 Å². The minimum absolute atomic E-state index is 0.663. The van der Waals surface area contributed by atoms with E-state index in [2.05, 4.69) is 13.8 Å². The summed E-state index contributed by atoms with van der Waals surface area (Å²) in [5.74, 6) is 1.59. The molecule has 0 fully saturated rings. The van der Waals surface area contributed by atoms with Crippen molar-refractivity contribution in [1.29, 1.82) is 0 Å². The van der Waals surface area contributed by atoms with Crippen molar-refractivity contribution in [3.8, 4) is 5.75 Å². The highest BCUT2D eigenvalue weighted by Gasteiger charge is 2.08. The first-order valence-corrected chi connectivity index (χ1v) is 6.66. The zero-order valence-corrected chi connectivity index (χ0v) is 11.3. The van der Waals surface area contributed by atoms with E-state index in [0.717, 1.165) is 23.6 Å². The molecular weight excluding hydrogens is 210 g/mol. The maximum Gasteiger partial charge on any atom is 0.124 e. The number of nitrogens with two attached hydrogens (primary N) is 1. The fraction of sp³-hybridized carbons (Fsp3) is 0.600. The van der Waals surface area contributed by atoms with E-state index < -0.39 is 0 Å². The van der Waals surface area contributed by atoms with Crippen molar-refractivity contribution in [3.63, 3.8) is 0 Å². The Balaban J connectivity index is 2.50. The van der Waals surface area contributed by atoms with Crippen molar-refractivity contribution < 1.29 is 4.74 Å². The Bertz CT molecular complexity index is 336. The van der Waals surface area contributed by atoms with Gasteiger partial charge in [-0.3, -0.25) is 0 Å². The third-order valence-corrected chi connectivity index (χ3v) is 3.34. The molecule has 0 aliphatic heterocycles. The van der Waals surface area contributed by atoms with E-state index in [-0.39, 0.29) is 0 Å². The highest BCUT2D eigenvalue weighted by molar-refractivity contribution is 5.53.